The fraction of sp³-hybridized carbons (Fsp3) is 0.136. The number of fused-ring (bicyclic) bond motifs is 1. The first kappa shape index (κ1) is 22.0. The van der Waals surface area contributed by atoms with E-state index < -0.39 is 27.1 Å². The van der Waals surface area contributed by atoms with E-state index in [0.29, 0.717) is 16.2 Å². The molecule has 0 aliphatic carbocycles. The van der Waals surface area contributed by atoms with Gasteiger partial charge in [0.25, 0.3) is 17.3 Å². The number of carbonyl (C=O) groups is 1. The van der Waals surface area contributed by atoms with Gasteiger partial charge in [0.15, 0.2) is 5.13 Å². The molecule has 4 aromatic rings. The molecular formula is C22H17N5O5S. The Balaban J connectivity index is 1.82. The van der Waals surface area contributed by atoms with Crippen LogP contribution in [0.2, 0.25) is 0 Å². The van der Waals surface area contributed by atoms with Gasteiger partial charge < -0.3 is 0 Å². The number of aromatic nitrogens is 2. The van der Waals surface area contributed by atoms with Crippen LogP contribution in [0, 0.1) is 20.2 Å². The molecule has 2 heterocycles. The van der Waals surface area contributed by atoms with E-state index in [2.05, 4.69) is 9.97 Å². The predicted octanol–water partition coefficient (Wildman–Crippen LogP) is 4.92. The van der Waals surface area contributed by atoms with E-state index >= 15 is 0 Å². The summed E-state index contributed by atoms with van der Waals surface area (Å²) in [6.45, 7) is 2.13. The van der Waals surface area contributed by atoms with E-state index in [0.717, 1.165) is 34.9 Å². The molecule has 33 heavy (non-hydrogen) atoms. The van der Waals surface area contributed by atoms with E-state index in [9.17, 15) is 25.0 Å². The number of nitro groups is 2. The summed E-state index contributed by atoms with van der Waals surface area (Å²) in [5.74, 6) is -0.638. The molecule has 2 aromatic carbocycles. The smallest absolute Gasteiger partial charge is 0.277 e. The van der Waals surface area contributed by atoms with Crippen molar-refractivity contribution < 1.29 is 14.6 Å². The molecule has 10 nitrogen and oxygen atoms in total. The number of hydrogen-bond donors (Lipinski definition) is 0. The van der Waals surface area contributed by atoms with Gasteiger partial charge in [0.2, 0.25) is 0 Å². The summed E-state index contributed by atoms with van der Waals surface area (Å²) in [5.41, 5.74) is 1.29. The molecule has 0 radical (unpaired) electrons. The molecular weight excluding hydrogens is 446 g/mol. The molecule has 166 valence electrons. The standard InChI is InChI=1S/C22H17N5O5S/c1-2-14-5-6-19-20(8-14)33-22(24-19)25(13-15-4-3-7-23-12-15)21(28)16-9-17(26(29)30)11-18(10-16)27(31)32/h3-12H,2,13H2,1H3. The van der Waals surface area contributed by atoms with Crippen LogP contribution in [0.15, 0.2) is 60.9 Å². The van der Waals surface area contributed by atoms with E-state index in [1.54, 1.807) is 24.5 Å². The lowest BCUT2D eigenvalue weighted by molar-refractivity contribution is -0.394. The number of hydrogen-bond acceptors (Lipinski definition) is 8. The van der Waals surface area contributed by atoms with Crippen molar-refractivity contribution in [1.82, 2.24) is 9.97 Å². The quantitative estimate of drug-likeness (QED) is 0.281. The number of nitrogens with zero attached hydrogens (tertiary/aromatic N) is 5. The molecule has 0 N–H and O–H groups in total. The Bertz CT molecular complexity index is 1340. The fourth-order valence-electron chi connectivity index (χ4n) is 3.28. The van der Waals surface area contributed by atoms with Crippen LogP contribution in [0.3, 0.4) is 0 Å². The number of nitro benzene ring substituents is 2. The van der Waals surface area contributed by atoms with Crippen LogP contribution in [0.25, 0.3) is 10.2 Å². The molecule has 4 rings (SSSR count). The SMILES string of the molecule is CCc1ccc2nc(N(Cc3cccnc3)C(=O)c3cc([N+](=O)[O-])cc([N+](=O)[O-])c3)sc2c1. The van der Waals surface area contributed by atoms with Crippen LogP contribution in [-0.4, -0.2) is 25.7 Å². The summed E-state index contributed by atoms with van der Waals surface area (Å²) in [6, 6.07) is 12.2. The van der Waals surface area contributed by atoms with Gasteiger partial charge in [0.1, 0.15) is 0 Å². The lowest BCUT2D eigenvalue weighted by Crippen LogP contribution is -2.30. The third-order valence-corrected chi connectivity index (χ3v) is 6.00. The zero-order chi connectivity index (χ0) is 23.5. The third-order valence-electron chi connectivity index (χ3n) is 4.96. The van der Waals surface area contributed by atoms with E-state index in [1.807, 2.05) is 25.1 Å². The zero-order valence-electron chi connectivity index (χ0n) is 17.4. The molecule has 11 heteroatoms. The summed E-state index contributed by atoms with van der Waals surface area (Å²) in [7, 11) is 0. The zero-order valence-corrected chi connectivity index (χ0v) is 18.2. The van der Waals surface area contributed by atoms with Gasteiger partial charge in [-0.2, -0.15) is 0 Å². The molecule has 0 fully saturated rings. The van der Waals surface area contributed by atoms with Gasteiger partial charge >= 0.3 is 0 Å². The highest BCUT2D eigenvalue weighted by Crippen LogP contribution is 2.32. The second kappa shape index (κ2) is 9.09. The first-order valence-corrected chi connectivity index (χ1v) is 10.7. The van der Waals surface area contributed by atoms with Crippen molar-refractivity contribution in [1.29, 1.82) is 0 Å². The van der Waals surface area contributed by atoms with Gasteiger partial charge in [-0.05, 0) is 35.7 Å². The number of anilines is 1. The second-order valence-corrected chi connectivity index (χ2v) is 8.17. The number of amides is 1. The average molecular weight is 463 g/mol. The van der Waals surface area contributed by atoms with E-state index in [-0.39, 0.29) is 12.1 Å². The molecule has 1 amide bonds. The van der Waals surface area contributed by atoms with Crippen molar-refractivity contribution in [2.75, 3.05) is 4.90 Å². The second-order valence-electron chi connectivity index (χ2n) is 7.16. The number of benzene rings is 2. The Hall–Kier alpha value is -4.25. The monoisotopic (exact) mass is 463 g/mol. The molecule has 2 aromatic heterocycles. The maximum absolute atomic E-state index is 13.5. The first-order valence-electron chi connectivity index (χ1n) is 9.90. The van der Waals surface area contributed by atoms with Crippen LogP contribution in [0.1, 0.15) is 28.4 Å². The molecule has 0 aliphatic rings. The van der Waals surface area contributed by atoms with Crippen molar-refractivity contribution in [3.05, 3.63) is 97.8 Å². The molecule has 0 bridgehead atoms. The topological polar surface area (TPSA) is 132 Å². The van der Waals surface area contributed by atoms with Crippen molar-refractivity contribution in [3.8, 4) is 0 Å². The summed E-state index contributed by atoms with van der Waals surface area (Å²) >= 11 is 1.30. The number of rotatable bonds is 7. The number of thiazole rings is 1. The van der Waals surface area contributed by atoms with Crippen LogP contribution >= 0.6 is 11.3 Å². The predicted molar refractivity (Wildman–Crippen MR) is 123 cm³/mol. The fourth-order valence-corrected chi connectivity index (χ4v) is 4.30. The van der Waals surface area contributed by atoms with E-state index in [1.165, 1.54) is 16.2 Å². The first-order chi connectivity index (χ1) is 15.9. The average Bonchev–Trinajstić information content (AvgIpc) is 3.25. The number of pyridine rings is 1. The van der Waals surface area contributed by atoms with Gasteiger partial charge in [0.05, 0.1) is 38.2 Å². The van der Waals surface area contributed by atoms with Crippen molar-refractivity contribution in [2.24, 2.45) is 0 Å². The maximum Gasteiger partial charge on any atom is 0.277 e. The summed E-state index contributed by atoms with van der Waals surface area (Å²) in [4.78, 5) is 44.6. The van der Waals surface area contributed by atoms with Crippen LogP contribution in [-0.2, 0) is 13.0 Å². The number of aryl methyl sites for hydroxylation is 1. The molecule has 0 aliphatic heterocycles. The minimum Gasteiger partial charge on any atom is -0.279 e. The highest BCUT2D eigenvalue weighted by atomic mass is 32.1. The molecule has 0 spiro atoms. The summed E-state index contributed by atoms with van der Waals surface area (Å²) in [5, 5.41) is 23.0. The van der Waals surface area contributed by atoms with Gasteiger partial charge in [-0.25, -0.2) is 4.98 Å². The Kier molecular flexibility index (Phi) is 6.05. The lowest BCUT2D eigenvalue weighted by Gasteiger charge is -2.20. The summed E-state index contributed by atoms with van der Waals surface area (Å²) in [6.07, 6.45) is 4.04. The van der Waals surface area contributed by atoms with Crippen LogP contribution < -0.4 is 4.90 Å². The highest BCUT2D eigenvalue weighted by molar-refractivity contribution is 7.22. The van der Waals surface area contributed by atoms with Gasteiger partial charge in [0, 0.05) is 24.5 Å². The molecule has 0 unspecified atom stereocenters. The van der Waals surface area contributed by atoms with Crippen molar-refractivity contribution in [3.63, 3.8) is 0 Å². The Morgan fingerprint density at radius 3 is 2.36 bits per heavy atom. The minimum absolute atomic E-state index is 0.0869. The molecule has 0 saturated heterocycles. The Labute approximate surface area is 191 Å². The van der Waals surface area contributed by atoms with Crippen molar-refractivity contribution in [2.45, 2.75) is 19.9 Å². The highest BCUT2D eigenvalue weighted by Gasteiger charge is 2.26. The normalized spacial score (nSPS) is 10.8. The number of non-ortho nitro benzene ring substituents is 2. The number of carbonyl (C=O) groups excluding carboxylic acids is 1. The van der Waals surface area contributed by atoms with Gasteiger partial charge in [-0.1, -0.05) is 30.4 Å². The summed E-state index contributed by atoms with van der Waals surface area (Å²) < 4.78 is 0.887. The largest absolute Gasteiger partial charge is 0.279 e. The van der Waals surface area contributed by atoms with Crippen LogP contribution in [0.5, 0.6) is 0 Å². The van der Waals surface area contributed by atoms with Gasteiger partial charge in [-0.3, -0.25) is 34.9 Å². The van der Waals surface area contributed by atoms with Crippen LogP contribution in [0.4, 0.5) is 16.5 Å². The molecule has 0 saturated carbocycles. The Morgan fingerprint density at radius 1 is 1.03 bits per heavy atom. The van der Waals surface area contributed by atoms with Gasteiger partial charge in [-0.15, -0.1) is 0 Å². The third kappa shape index (κ3) is 4.67. The maximum atomic E-state index is 13.5. The minimum atomic E-state index is -0.765. The van der Waals surface area contributed by atoms with Crippen molar-refractivity contribution >= 4 is 44.0 Å². The Morgan fingerprint density at radius 2 is 1.76 bits per heavy atom. The van der Waals surface area contributed by atoms with E-state index in [4.69, 9.17) is 0 Å². The molecule has 0 atom stereocenters. The lowest BCUT2D eigenvalue weighted by atomic mass is 10.1.